The zero-order valence-electron chi connectivity index (χ0n) is 10.7. The van der Waals surface area contributed by atoms with Crippen molar-refractivity contribution >= 4 is 11.9 Å². The van der Waals surface area contributed by atoms with Gasteiger partial charge in [0.05, 0.1) is 13.1 Å². The summed E-state index contributed by atoms with van der Waals surface area (Å²) in [6.45, 7) is 2.86. The molecule has 0 spiro atoms. The number of aliphatic carboxylic acids is 1. The molecule has 5 heteroatoms. The number of carbonyl (C=O) groups excluding carboxylic acids is 1. The van der Waals surface area contributed by atoms with E-state index in [2.05, 4.69) is 11.2 Å². The Labute approximate surface area is 108 Å². The number of likely N-dealkylation sites (tertiary alicyclic amines) is 1. The van der Waals surface area contributed by atoms with Crippen molar-refractivity contribution in [2.24, 2.45) is 0 Å². The molecule has 1 unspecified atom stereocenters. The highest BCUT2D eigenvalue weighted by Crippen LogP contribution is 2.33. The first-order chi connectivity index (χ1) is 8.58. The maximum atomic E-state index is 12.0. The molecular formula is C13H20N2O3. The molecule has 0 aliphatic carbocycles. The van der Waals surface area contributed by atoms with Crippen molar-refractivity contribution in [3.63, 3.8) is 0 Å². The van der Waals surface area contributed by atoms with E-state index in [9.17, 15) is 14.7 Å². The third-order valence-corrected chi connectivity index (χ3v) is 3.35. The summed E-state index contributed by atoms with van der Waals surface area (Å²) in [7, 11) is 0. The van der Waals surface area contributed by atoms with Crippen LogP contribution in [0, 0.1) is 12.3 Å². The molecule has 5 nitrogen and oxygen atoms in total. The number of carbonyl (C=O) groups is 2. The molecule has 1 rings (SSSR count). The number of amides is 1. The SMILES string of the molecule is C#CCNCC(=O)N1CCCC1(CCC)C(=O)O. The number of nitrogens with one attached hydrogen (secondary N) is 1. The summed E-state index contributed by atoms with van der Waals surface area (Å²) in [5.74, 6) is 1.31. The van der Waals surface area contributed by atoms with E-state index in [0.717, 1.165) is 12.8 Å². The Morgan fingerprint density at radius 2 is 2.28 bits per heavy atom. The summed E-state index contributed by atoms with van der Waals surface area (Å²) < 4.78 is 0. The number of carboxylic acids is 1. The van der Waals surface area contributed by atoms with E-state index < -0.39 is 11.5 Å². The van der Waals surface area contributed by atoms with E-state index in [1.807, 2.05) is 6.92 Å². The van der Waals surface area contributed by atoms with Crippen molar-refractivity contribution in [2.75, 3.05) is 19.6 Å². The highest BCUT2D eigenvalue weighted by atomic mass is 16.4. The van der Waals surface area contributed by atoms with Crippen molar-refractivity contribution in [1.29, 1.82) is 0 Å². The second-order valence-corrected chi connectivity index (χ2v) is 4.54. The molecule has 0 bridgehead atoms. The Morgan fingerprint density at radius 1 is 1.56 bits per heavy atom. The number of hydrogen-bond acceptors (Lipinski definition) is 3. The fraction of sp³-hybridized carbons (Fsp3) is 0.692. The maximum Gasteiger partial charge on any atom is 0.329 e. The van der Waals surface area contributed by atoms with Crippen molar-refractivity contribution in [3.05, 3.63) is 0 Å². The summed E-state index contributed by atoms with van der Waals surface area (Å²) in [5.41, 5.74) is -1.01. The van der Waals surface area contributed by atoms with Gasteiger partial charge in [-0.05, 0) is 19.3 Å². The smallest absolute Gasteiger partial charge is 0.329 e. The monoisotopic (exact) mass is 252 g/mol. The van der Waals surface area contributed by atoms with Gasteiger partial charge in [-0.25, -0.2) is 4.79 Å². The minimum absolute atomic E-state index is 0.100. The van der Waals surface area contributed by atoms with Crippen LogP contribution in [0.4, 0.5) is 0 Å². The zero-order chi connectivity index (χ0) is 13.6. The molecule has 1 aliphatic rings. The van der Waals surface area contributed by atoms with Crippen LogP contribution in [0.5, 0.6) is 0 Å². The van der Waals surface area contributed by atoms with Gasteiger partial charge in [-0.1, -0.05) is 19.3 Å². The van der Waals surface area contributed by atoms with Crippen LogP contribution in [0.25, 0.3) is 0 Å². The van der Waals surface area contributed by atoms with Crippen LogP contribution in [0.1, 0.15) is 32.6 Å². The summed E-state index contributed by atoms with van der Waals surface area (Å²) in [6, 6.07) is 0. The summed E-state index contributed by atoms with van der Waals surface area (Å²) in [6.07, 6.45) is 7.61. The molecular weight excluding hydrogens is 232 g/mol. The number of hydrogen-bond donors (Lipinski definition) is 2. The molecule has 1 amide bonds. The average molecular weight is 252 g/mol. The fourth-order valence-corrected chi connectivity index (χ4v) is 2.58. The molecule has 0 saturated carbocycles. The molecule has 1 atom stereocenters. The minimum Gasteiger partial charge on any atom is -0.479 e. The van der Waals surface area contributed by atoms with Gasteiger partial charge in [0, 0.05) is 6.54 Å². The lowest BCUT2D eigenvalue weighted by Gasteiger charge is -2.34. The van der Waals surface area contributed by atoms with E-state index in [-0.39, 0.29) is 12.5 Å². The molecule has 0 aromatic heterocycles. The Morgan fingerprint density at radius 3 is 2.83 bits per heavy atom. The van der Waals surface area contributed by atoms with E-state index >= 15 is 0 Å². The first-order valence-electron chi connectivity index (χ1n) is 6.26. The summed E-state index contributed by atoms with van der Waals surface area (Å²) in [5, 5.41) is 12.2. The second-order valence-electron chi connectivity index (χ2n) is 4.54. The molecule has 1 fully saturated rings. The number of nitrogens with zero attached hydrogens (tertiary/aromatic N) is 1. The van der Waals surface area contributed by atoms with Gasteiger partial charge < -0.3 is 10.0 Å². The highest BCUT2D eigenvalue weighted by molar-refractivity contribution is 5.88. The van der Waals surface area contributed by atoms with Gasteiger partial charge in [-0.3, -0.25) is 10.1 Å². The predicted molar refractivity (Wildman–Crippen MR) is 67.9 cm³/mol. The molecule has 0 radical (unpaired) electrons. The lowest BCUT2D eigenvalue weighted by atomic mass is 9.90. The number of terminal acetylenes is 1. The second kappa shape index (κ2) is 6.41. The Bertz CT molecular complexity index is 362. The molecule has 100 valence electrons. The third kappa shape index (κ3) is 2.82. The van der Waals surface area contributed by atoms with E-state index in [4.69, 9.17) is 6.42 Å². The van der Waals surface area contributed by atoms with E-state index in [0.29, 0.717) is 25.9 Å². The first-order valence-corrected chi connectivity index (χ1v) is 6.26. The lowest BCUT2D eigenvalue weighted by Crippen LogP contribution is -2.55. The molecule has 0 aromatic carbocycles. The Kier molecular flexibility index (Phi) is 5.17. The van der Waals surface area contributed by atoms with Crippen LogP contribution < -0.4 is 5.32 Å². The topological polar surface area (TPSA) is 69.6 Å². The summed E-state index contributed by atoms with van der Waals surface area (Å²) in [4.78, 5) is 25.1. The maximum absolute atomic E-state index is 12.0. The average Bonchev–Trinajstić information content (AvgIpc) is 2.75. The van der Waals surface area contributed by atoms with Crippen molar-refractivity contribution in [1.82, 2.24) is 10.2 Å². The minimum atomic E-state index is -1.01. The molecule has 0 aromatic rings. The standard InChI is InChI=1S/C13H20N2O3/c1-3-6-13(12(17)18)7-5-9-15(13)11(16)10-14-8-4-2/h2,14H,3,5-10H2,1H3,(H,17,18). The van der Waals surface area contributed by atoms with Gasteiger partial charge in [0.2, 0.25) is 5.91 Å². The van der Waals surface area contributed by atoms with Crippen LogP contribution in [0.15, 0.2) is 0 Å². The van der Waals surface area contributed by atoms with Gasteiger partial charge in [0.15, 0.2) is 0 Å². The van der Waals surface area contributed by atoms with Crippen LogP contribution in [-0.4, -0.2) is 47.1 Å². The van der Waals surface area contributed by atoms with Gasteiger partial charge in [-0.2, -0.15) is 0 Å². The predicted octanol–water partition coefficient (Wildman–Crippen LogP) is 0.455. The quantitative estimate of drug-likeness (QED) is 0.532. The van der Waals surface area contributed by atoms with Crippen LogP contribution in [0.3, 0.4) is 0 Å². The molecule has 1 aliphatic heterocycles. The molecule has 1 heterocycles. The van der Waals surface area contributed by atoms with Crippen LogP contribution in [-0.2, 0) is 9.59 Å². The van der Waals surface area contributed by atoms with Gasteiger partial charge in [0.1, 0.15) is 5.54 Å². The zero-order valence-corrected chi connectivity index (χ0v) is 10.7. The van der Waals surface area contributed by atoms with Crippen LogP contribution in [0.2, 0.25) is 0 Å². The van der Waals surface area contributed by atoms with Gasteiger partial charge in [0.25, 0.3) is 0 Å². The first kappa shape index (κ1) is 14.5. The van der Waals surface area contributed by atoms with E-state index in [1.54, 1.807) is 0 Å². The van der Waals surface area contributed by atoms with Crippen molar-refractivity contribution < 1.29 is 14.7 Å². The molecule has 18 heavy (non-hydrogen) atoms. The Balaban J connectivity index is 2.76. The number of rotatable bonds is 6. The fourth-order valence-electron chi connectivity index (χ4n) is 2.58. The van der Waals surface area contributed by atoms with Crippen molar-refractivity contribution in [3.8, 4) is 12.3 Å². The molecule has 1 saturated heterocycles. The van der Waals surface area contributed by atoms with Crippen LogP contribution >= 0.6 is 0 Å². The largest absolute Gasteiger partial charge is 0.479 e. The normalized spacial score (nSPS) is 22.8. The lowest BCUT2D eigenvalue weighted by molar-refractivity contribution is -0.156. The Hall–Kier alpha value is -1.54. The van der Waals surface area contributed by atoms with Crippen molar-refractivity contribution in [2.45, 2.75) is 38.1 Å². The highest BCUT2D eigenvalue weighted by Gasteiger charge is 2.48. The van der Waals surface area contributed by atoms with Gasteiger partial charge >= 0.3 is 5.97 Å². The third-order valence-electron chi connectivity index (χ3n) is 3.35. The molecule has 2 N–H and O–H groups in total. The number of carboxylic acid groups (broad SMARTS) is 1. The van der Waals surface area contributed by atoms with E-state index in [1.165, 1.54) is 4.90 Å². The van der Waals surface area contributed by atoms with Gasteiger partial charge in [-0.15, -0.1) is 6.42 Å². The summed E-state index contributed by atoms with van der Waals surface area (Å²) >= 11 is 0.